The maximum Gasteiger partial charge on any atom is 0.258 e. The monoisotopic (exact) mass is 412 g/mol. The van der Waals surface area contributed by atoms with E-state index in [0.717, 1.165) is 49.1 Å². The number of carbonyl (C=O) groups excluding carboxylic acids is 1. The molecule has 1 amide bonds. The van der Waals surface area contributed by atoms with Crippen LogP contribution in [0, 0.1) is 0 Å². The van der Waals surface area contributed by atoms with E-state index in [1.54, 1.807) is 6.20 Å². The second kappa shape index (κ2) is 8.93. The van der Waals surface area contributed by atoms with Gasteiger partial charge in [-0.3, -0.25) is 9.78 Å². The fourth-order valence-electron chi connectivity index (χ4n) is 5.02. The number of ether oxygens (including phenoxy) is 1. The summed E-state index contributed by atoms with van der Waals surface area (Å²) in [6.07, 6.45) is 6.89. The van der Waals surface area contributed by atoms with Crippen molar-refractivity contribution in [2.75, 3.05) is 6.61 Å². The zero-order chi connectivity index (χ0) is 21.0. The summed E-state index contributed by atoms with van der Waals surface area (Å²) in [7, 11) is 0. The Morgan fingerprint density at radius 3 is 2.52 bits per heavy atom. The molecular weight excluding hydrogens is 384 g/mol. The molecule has 1 aliphatic carbocycles. The molecule has 4 nitrogen and oxygen atoms in total. The zero-order valence-corrected chi connectivity index (χ0v) is 17.7. The first-order valence-corrected chi connectivity index (χ1v) is 11.3. The molecule has 4 heteroatoms. The third-order valence-corrected chi connectivity index (χ3v) is 6.67. The molecule has 0 N–H and O–H groups in total. The fraction of sp³-hybridized carbons (Fsp3) is 0.333. The summed E-state index contributed by atoms with van der Waals surface area (Å²) in [5.74, 6) is 1.41. The highest BCUT2D eigenvalue weighted by atomic mass is 16.5. The van der Waals surface area contributed by atoms with Gasteiger partial charge in [0.05, 0.1) is 24.4 Å². The largest absolute Gasteiger partial charge is 0.492 e. The van der Waals surface area contributed by atoms with Crippen LogP contribution in [0.1, 0.15) is 58.8 Å². The van der Waals surface area contributed by atoms with Gasteiger partial charge in [-0.25, -0.2) is 0 Å². The molecule has 0 bridgehead atoms. The second-order valence-electron chi connectivity index (χ2n) is 8.56. The molecular formula is C27H28N2O2. The minimum absolute atomic E-state index is 0.0626. The van der Waals surface area contributed by atoms with Crippen molar-refractivity contribution in [3.8, 4) is 5.75 Å². The SMILES string of the molecule is O=C(c1cccc2c1OCC2)N(Cc1ccccn1)C1CCC(c2ccccc2)CC1. The van der Waals surface area contributed by atoms with Crippen LogP contribution in [0.5, 0.6) is 5.75 Å². The molecule has 1 saturated carbocycles. The van der Waals surface area contributed by atoms with Gasteiger partial charge in [0.2, 0.25) is 0 Å². The van der Waals surface area contributed by atoms with E-state index in [9.17, 15) is 4.79 Å². The number of pyridine rings is 1. The van der Waals surface area contributed by atoms with Gasteiger partial charge in [0.25, 0.3) is 5.91 Å². The summed E-state index contributed by atoms with van der Waals surface area (Å²) in [4.78, 5) is 20.3. The minimum Gasteiger partial charge on any atom is -0.492 e. The number of carbonyl (C=O) groups is 1. The van der Waals surface area contributed by atoms with Crippen molar-refractivity contribution in [3.05, 3.63) is 95.3 Å². The maximum absolute atomic E-state index is 13.8. The molecule has 0 unspecified atom stereocenters. The normalized spacial score (nSPS) is 20.0. The van der Waals surface area contributed by atoms with Crippen LogP contribution in [0.2, 0.25) is 0 Å². The van der Waals surface area contributed by atoms with Crippen molar-refractivity contribution in [1.82, 2.24) is 9.88 Å². The molecule has 0 saturated heterocycles. The molecule has 1 fully saturated rings. The first-order chi connectivity index (χ1) is 15.3. The fourth-order valence-corrected chi connectivity index (χ4v) is 5.02. The van der Waals surface area contributed by atoms with Crippen molar-refractivity contribution in [2.24, 2.45) is 0 Å². The van der Waals surface area contributed by atoms with E-state index in [2.05, 4.69) is 41.4 Å². The van der Waals surface area contributed by atoms with E-state index in [0.29, 0.717) is 24.6 Å². The van der Waals surface area contributed by atoms with Gasteiger partial charge in [0.15, 0.2) is 0 Å². The van der Waals surface area contributed by atoms with Gasteiger partial charge in [0.1, 0.15) is 5.75 Å². The van der Waals surface area contributed by atoms with E-state index in [1.165, 1.54) is 5.56 Å². The molecule has 1 aromatic heterocycles. The Morgan fingerprint density at radius 2 is 1.74 bits per heavy atom. The van der Waals surface area contributed by atoms with Gasteiger partial charge in [-0.15, -0.1) is 0 Å². The standard InChI is InChI=1S/C27H28N2O2/c30-27(25-11-6-9-22-16-18-31-26(22)25)29(19-23-10-4-5-17-28-23)24-14-12-21(13-15-24)20-7-2-1-3-8-20/h1-11,17,21,24H,12-16,18-19H2. The van der Waals surface area contributed by atoms with Crippen LogP contribution >= 0.6 is 0 Å². The quantitative estimate of drug-likeness (QED) is 0.565. The number of amides is 1. The molecule has 3 aromatic rings. The Hall–Kier alpha value is -3.14. The predicted octanol–water partition coefficient (Wildman–Crippen LogP) is 5.39. The summed E-state index contributed by atoms with van der Waals surface area (Å²) in [6.45, 7) is 1.19. The first-order valence-electron chi connectivity index (χ1n) is 11.3. The smallest absolute Gasteiger partial charge is 0.258 e. The van der Waals surface area contributed by atoms with Crippen LogP contribution in [0.3, 0.4) is 0 Å². The maximum atomic E-state index is 13.8. The van der Waals surface area contributed by atoms with Gasteiger partial charge >= 0.3 is 0 Å². The third kappa shape index (κ3) is 4.20. The summed E-state index contributed by atoms with van der Waals surface area (Å²) in [6, 6.07) is 22.8. The van der Waals surface area contributed by atoms with E-state index >= 15 is 0 Å². The lowest BCUT2D eigenvalue weighted by Gasteiger charge is -2.37. The number of hydrogen-bond acceptors (Lipinski definition) is 3. The van der Waals surface area contributed by atoms with E-state index in [4.69, 9.17) is 4.74 Å². The Balaban J connectivity index is 1.39. The van der Waals surface area contributed by atoms with E-state index < -0.39 is 0 Å². The predicted molar refractivity (Wildman–Crippen MR) is 121 cm³/mol. The van der Waals surface area contributed by atoms with Crippen LogP contribution < -0.4 is 4.74 Å². The number of benzene rings is 2. The number of para-hydroxylation sites is 1. The van der Waals surface area contributed by atoms with Gasteiger partial charge < -0.3 is 9.64 Å². The molecule has 2 aromatic carbocycles. The summed E-state index contributed by atoms with van der Waals surface area (Å²) < 4.78 is 5.85. The molecule has 158 valence electrons. The Morgan fingerprint density at radius 1 is 0.935 bits per heavy atom. The number of aromatic nitrogens is 1. The second-order valence-corrected chi connectivity index (χ2v) is 8.56. The van der Waals surface area contributed by atoms with E-state index in [1.807, 2.05) is 35.2 Å². The summed E-state index contributed by atoms with van der Waals surface area (Å²) in [5, 5.41) is 0. The van der Waals surface area contributed by atoms with Crippen LogP contribution in [-0.4, -0.2) is 28.4 Å². The lowest BCUT2D eigenvalue weighted by atomic mass is 9.81. The number of nitrogens with zero attached hydrogens (tertiary/aromatic N) is 2. The molecule has 0 radical (unpaired) electrons. The molecule has 31 heavy (non-hydrogen) atoms. The van der Waals surface area contributed by atoms with Crippen LogP contribution in [0.25, 0.3) is 0 Å². The number of hydrogen-bond donors (Lipinski definition) is 0. The van der Waals surface area contributed by atoms with Crippen molar-refractivity contribution >= 4 is 5.91 Å². The van der Waals surface area contributed by atoms with Gasteiger partial charge in [-0.2, -0.15) is 0 Å². The van der Waals surface area contributed by atoms with Crippen molar-refractivity contribution in [1.29, 1.82) is 0 Å². The lowest BCUT2D eigenvalue weighted by Crippen LogP contribution is -2.42. The average Bonchev–Trinajstić information content (AvgIpc) is 3.33. The zero-order valence-electron chi connectivity index (χ0n) is 17.7. The van der Waals surface area contributed by atoms with Crippen LogP contribution in [0.4, 0.5) is 0 Å². The number of fused-ring (bicyclic) bond motifs is 1. The average molecular weight is 413 g/mol. The lowest BCUT2D eigenvalue weighted by molar-refractivity contribution is 0.0599. The summed E-state index contributed by atoms with van der Waals surface area (Å²) in [5.41, 5.74) is 4.17. The molecule has 0 spiro atoms. The van der Waals surface area contributed by atoms with E-state index in [-0.39, 0.29) is 11.9 Å². The Bertz CT molecular complexity index is 1030. The molecule has 1 aliphatic heterocycles. The molecule has 2 aliphatic rings. The summed E-state index contributed by atoms with van der Waals surface area (Å²) >= 11 is 0. The third-order valence-electron chi connectivity index (χ3n) is 6.67. The molecule has 5 rings (SSSR count). The van der Waals surface area contributed by atoms with Gasteiger partial charge in [-0.05, 0) is 60.9 Å². The highest BCUT2D eigenvalue weighted by Crippen LogP contribution is 2.37. The van der Waals surface area contributed by atoms with Crippen LogP contribution in [0.15, 0.2) is 72.9 Å². The minimum atomic E-state index is 0.0626. The van der Waals surface area contributed by atoms with Crippen molar-refractivity contribution in [2.45, 2.75) is 50.6 Å². The van der Waals surface area contributed by atoms with Crippen molar-refractivity contribution in [3.63, 3.8) is 0 Å². The van der Waals surface area contributed by atoms with Gasteiger partial charge in [-0.1, -0.05) is 48.5 Å². The van der Waals surface area contributed by atoms with Crippen molar-refractivity contribution < 1.29 is 9.53 Å². The molecule has 2 heterocycles. The number of rotatable bonds is 5. The Kier molecular flexibility index (Phi) is 5.70. The van der Waals surface area contributed by atoms with Gasteiger partial charge in [0, 0.05) is 18.7 Å². The topological polar surface area (TPSA) is 42.4 Å². The van der Waals surface area contributed by atoms with Crippen LogP contribution in [-0.2, 0) is 13.0 Å². The molecule has 0 atom stereocenters. The Labute approximate surface area is 183 Å². The first kappa shape index (κ1) is 19.8. The highest BCUT2D eigenvalue weighted by Gasteiger charge is 2.32. The highest BCUT2D eigenvalue weighted by molar-refractivity contribution is 5.97.